The van der Waals surface area contributed by atoms with Crippen molar-refractivity contribution in [2.45, 2.75) is 32.1 Å². The number of rotatable bonds is 8. The van der Waals surface area contributed by atoms with Gasteiger partial charge in [-0.1, -0.05) is 36.4 Å². The molecule has 4 nitrogen and oxygen atoms in total. The van der Waals surface area contributed by atoms with Gasteiger partial charge in [-0.25, -0.2) is 0 Å². The average molecular weight is 353 g/mol. The summed E-state index contributed by atoms with van der Waals surface area (Å²) in [6.45, 7) is 3.28. The summed E-state index contributed by atoms with van der Waals surface area (Å²) in [7, 11) is 0. The van der Waals surface area contributed by atoms with Crippen LogP contribution in [0.5, 0.6) is 5.75 Å². The van der Waals surface area contributed by atoms with Gasteiger partial charge in [-0.15, -0.1) is 0 Å². The lowest BCUT2D eigenvalue weighted by molar-refractivity contribution is -0.144. The van der Waals surface area contributed by atoms with Crippen LogP contribution in [-0.4, -0.2) is 25.7 Å². The van der Waals surface area contributed by atoms with Gasteiger partial charge < -0.3 is 15.2 Å². The first-order valence-electron chi connectivity index (χ1n) is 9.36. The van der Waals surface area contributed by atoms with Crippen molar-refractivity contribution in [2.24, 2.45) is 11.7 Å². The zero-order valence-electron chi connectivity index (χ0n) is 15.3. The number of nitrogens with two attached hydrogens (primary N) is 1. The standard InChI is InChI=1S/C22H27NO3/c1-2-25-22(24)14-18-13-17-8-9-19(26-11-10-23)15-21(17)20(18)12-16-6-4-3-5-7-16/h3-9,15,18,20H,2,10-14,23H2,1H3. The first-order chi connectivity index (χ1) is 12.7. The van der Waals surface area contributed by atoms with Crippen LogP contribution in [0.1, 0.15) is 36.0 Å². The van der Waals surface area contributed by atoms with E-state index in [2.05, 4.69) is 36.4 Å². The predicted octanol–water partition coefficient (Wildman–Crippen LogP) is 3.48. The molecule has 2 unspecified atom stereocenters. The Labute approximate surface area is 155 Å². The highest BCUT2D eigenvalue weighted by Gasteiger charge is 2.34. The monoisotopic (exact) mass is 353 g/mol. The summed E-state index contributed by atoms with van der Waals surface area (Å²) in [5.41, 5.74) is 9.43. The SMILES string of the molecule is CCOC(=O)CC1Cc2ccc(OCCN)cc2C1Cc1ccccc1. The Morgan fingerprint density at radius 3 is 2.73 bits per heavy atom. The largest absolute Gasteiger partial charge is 0.492 e. The molecular weight excluding hydrogens is 326 g/mol. The van der Waals surface area contributed by atoms with Gasteiger partial charge in [0.15, 0.2) is 0 Å². The molecule has 0 bridgehead atoms. The summed E-state index contributed by atoms with van der Waals surface area (Å²) < 4.78 is 10.9. The van der Waals surface area contributed by atoms with Crippen molar-refractivity contribution in [2.75, 3.05) is 19.8 Å². The lowest BCUT2D eigenvalue weighted by Crippen LogP contribution is -2.17. The highest BCUT2D eigenvalue weighted by molar-refractivity contribution is 5.70. The fraction of sp³-hybridized carbons (Fsp3) is 0.409. The number of carbonyl (C=O) groups is 1. The molecule has 2 atom stereocenters. The number of hydrogen-bond acceptors (Lipinski definition) is 4. The predicted molar refractivity (Wildman–Crippen MR) is 102 cm³/mol. The molecule has 0 spiro atoms. The van der Waals surface area contributed by atoms with Crippen LogP contribution in [-0.2, 0) is 22.4 Å². The molecule has 2 aromatic carbocycles. The summed E-state index contributed by atoms with van der Waals surface area (Å²) in [5.74, 6) is 1.29. The van der Waals surface area contributed by atoms with Gasteiger partial charge in [0.1, 0.15) is 12.4 Å². The lowest BCUT2D eigenvalue weighted by Gasteiger charge is -2.20. The molecule has 26 heavy (non-hydrogen) atoms. The molecular formula is C22H27NO3. The summed E-state index contributed by atoms with van der Waals surface area (Å²) in [6, 6.07) is 16.7. The highest BCUT2D eigenvalue weighted by Crippen LogP contribution is 2.43. The van der Waals surface area contributed by atoms with Crippen LogP contribution >= 0.6 is 0 Å². The number of carbonyl (C=O) groups excluding carboxylic acids is 1. The fourth-order valence-corrected chi connectivity index (χ4v) is 3.84. The first-order valence-corrected chi connectivity index (χ1v) is 9.36. The molecule has 2 N–H and O–H groups in total. The molecule has 0 radical (unpaired) electrons. The molecule has 4 heteroatoms. The van der Waals surface area contributed by atoms with Crippen LogP contribution in [0.2, 0.25) is 0 Å². The van der Waals surface area contributed by atoms with Crippen LogP contribution in [0, 0.1) is 5.92 Å². The van der Waals surface area contributed by atoms with Crippen molar-refractivity contribution in [3.05, 3.63) is 65.2 Å². The lowest BCUT2D eigenvalue weighted by atomic mass is 9.85. The van der Waals surface area contributed by atoms with Crippen molar-refractivity contribution >= 4 is 5.97 Å². The first kappa shape index (κ1) is 18.5. The second-order valence-electron chi connectivity index (χ2n) is 6.77. The van der Waals surface area contributed by atoms with Crippen LogP contribution in [0.25, 0.3) is 0 Å². The maximum absolute atomic E-state index is 12.1. The fourth-order valence-electron chi connectivity index (χ4n) is 3.84. The van der Waals surface area contributed by atoms with Crippen LogP contribution in [0.4, 0.5) is 0 Å². The smallest absolute Gasteiger partial charge is 0.306 e. The van der Waals surface area contributed by atoms with E-state index in [4.69, 9.17) is 15.2 Å². The van der Waals surface area contributed by atoms with Gasteiger partial charge >= 0.3 is 5.97 Å². The normalized spacial score (nSPS) is 18.4. The second kappa shape index (κ2) is 8.86. The average Bonchev–Trinajstić information content (AvgIpc) is 2.97. The van der Waals surface area contributed by atoms with Crippen LogP contribution < -0.4 is 10.5 Å². The van der Waals surface area contributed by atoms with Gasteiger partial charge in [0.25, 0.3) is 0 Å². The third-order valence-corrected chi connectivity index (χ3v) is 4.99. The highest BCUT2D eigenvalue weighted by atomic mass is 16.5. The van der Waals surface area contributed by atoms with Crippen molar-refractivity contribution < 1.29 is 14.3 Å². The van der Waals surface area contributed by atoms with Gasteiger partial charge in [0.05, 0.1) is 6.61 Å². The van der Waals surface area contributed by atoms with E-state index in [1.54, 1.807) is 0 Å². The number of ether oxygens (including phenoxy) is 2. The van der Waals surface area contributed by atoms with E-state index in [9.17, 15) is 4.79 Å². The second-order valence-corrected chi connectivity index (χ2v) is 6.77. The van der Waals surface area contributed by atoms with Gasteiger partial charge in [0, 0.05) is 13.0 Å². The molecule has 1 aliphatic rings. The molecule has 0 aliphatic heterocycles. The minimum atomic E-state index is -0.108. The van der Waals surface area contributed by atoms with Crippen molar-refractivity contribution in [3.8, 4) is 5.75 Å². The molecule has 0 heterocycles. The van der Waals surface area contributed by atoms with Crippen molar-refractivity contribution in [1.82, 2.24) is 0 Å². The maximum atomic E-state index is 12.1. The Kier molecular flexibility index (Phi) is 6.29. The molecule has 0 fully saturated rings. The molecule has 0 aromatic heterocycles. The van der Waals surface area contributed by atoms with Gasteiger partial charge in [-0.05, 0) is 60.4 Å². The quantitative estimate of drug-likeness (QED) is 0.738. The Morgan fingerprint density at radius 1 is 1.19 bits per heavy atom. The van der Waals surface area contributed by atoms with E-state index >= 15 is 0 Å². The van der Waals surface area contributed by atoms with E-state index in [0.717, 1.165) is 18.6 Å². The number of benzene rings is 2. The van der Waals surface area contributed by atoms with Crippen LogP contribution in [0.15, 0.2) is 48.5 Å². The molecule has 2 aromatic rings. The Balaban J connectivity index is 1.84. The Bertz CT molecular complexity index is 729. The molecule has 0 saturated heterocycles. The summed E-state index contributed by atoms with van der Waals surface area (Å²) >= 11 is 0. The summed E-state index contributed by atoms with van der Waals surface area (Å²) in [4.78, 5) is 12.1. The van der Waals surface area contributed by atoms with Gasteiger partial charge in [-0.3, -0.25) is 4.79 Å². The Hall–Kier alpha value is -2.33. The summed E-state index contributed by atoms with van der Waals surface area (Å²) in [6.07, 6.45) is 2.28. The van der Waals surface area contributed by atoms with Gasteiger partial charge in [0.2, 0.25) is 0 Å². The van der Waals surface area contributed by atoms with E-state index in [-0.39, 0.29) is 11.9 Å². The topological polar surface area (TPSA) is 61.5 Å². The maximum Gasteiger partial charge on any atom is 0.306 e. The van der Waals surface area contributed by atoms with E-state index in [1.165, 1.54) is 16.7 Å². The minimum absolute atomic E-state index is 0.108. The van der Waals surface area contributed by atoms with Crippen LogP contribution in [0.3, 0.4) is 0 Å². The number of fused-ring (bicyclic) bond motifs is 1. The zero-order valence-corrected chi connectivity index (χ0v) is 15.3. The van der Waals surface area contributed by atoms with Crippen molar-refractivity contribution in [3.63, 3.8) is 0 Å². The van der Waals surface area contributed by atoms with E-state index in [0.29, 0.717) is 32.1 Å². The summed E-state index contributed by atoms with van der Waals surface area (Å²) in [5, 5.41) is 0. The third-order valence-electron chi connectivity index (χ3n) is 4.99. The van der Waals surface area contributed by atoms with E-state index in [1.807, 2.05) is 19.1 Å². The zero-order chi connectivity index (χ0) is 18.4. The third kappa shape index (κ3) is 4.44. The molecule has 3 rings (SSSR count). The Morgan fingerprint density at radius 2 is 2.00 bits per heavy atom. The van der Waals surface area contributed by atoms with E-state index < -0.39 is 0 Å². The number of esters is 1. The van der Waals surface area contributed by atoms with Gasteiger partial charge in [-0.2, -0.15) is 0 Å². The van der Waals surface area contributed by atoms with Crippen molar-refractivity contribution in [1.29, 1.82) is 0 Å². The number of hydrogen-bond donors (Lipinski definition) is 1. The molecule has 138 valence electrons. The molecule has 0 amide bonds. The molecule has 0 saturated carbocycles. The molecule has 1 aliphatic carbocycles. The minimum Gasteiger partial charge on any atom is -0.492 e.